The van der Waals surface area contributed by atoms with E-state index < -0.39 is 8.38 Å². The summed E-state index contributed by atoms with van der Waals surface area (Å²) in [5.41, 5.74) is 13.8. The number of hydrogen-bond acceptors (Lipinski definition) is 11. The zero-order valence-corrected chi connectivity index (χ0v) is 24.5. The van der Waals surface area contributed by atoms with E-state index in [4.69, 9.17) is 32.3 Å². The van der Waals surface area contributed by atoms with Gasteiger partial charge in [0, 0.05) is 41.4 Å². The molecule has 0 bridgehead atoms. The Kier molecular flexibility index (Phi) is 12.6. The molecule has 0 amide bonds. The lowest BCUT2D eigenvalue weighted by molar-refractivity contribution is 0.0986. The largest absolute Gasteiger partial charge is 0.393 e. The van der Waals surface area contributed by atoms with Crippen LogP contribution in [0.1, 0.15) is 33.6 Å². The summed E-state index contributed by atoms with van der Waals surface area (Å²) in [7, 11) is -1.66. The molecular weight excluding hydrogens is 539 g/mol. The van der Waals surface area contributed by atoms with Crippen molar-refractivity contribution in [2.45, 2.75) is 45.8 Å². The Morgan fingerprint density at radius 3 is 2.77 bits per heavy atom. The molecule has 0 saturated carbocycles. The van der Waals surface area contributed by atoms with Crippen molar-refractivity contribution in [3.8, 4) is 0 Å². The SMILES string of the molecule is CCN(CCCC(C)Nc1ccnc2cc(Cl)ccc12)CCOP(O)COC(C)CNc1ncnc(N)c1N. The smallest absolute Gasteiger partial charge is 0.195 e. The summed E-state index contributed by atoms with van der Waals surface area (Å²) in [5, 5.41) is 8.44. The first kappa shape index (κ1) is 31.0. The van der Waals surface area contributed by atoms with E-state index >= 15 is 0 Å². The van der Waals surface area contributed by atoms with Gasteiger partial charge in [-0.3, -0.25) is 4.98 Å². The molecule has 3 atom stereocenters. The number of nitrogens with one attached hydrogen (secondary N) is 2. The number of nitrogens with zero attached hydrogens (tertiary/aromatic N) is 4. The normalized spacial score (nSPS) is 13.9. The van der Waals surface area contributed by atoms with Gasteiger partial charge in [-0.05, 0) is 64.0 Å². The summed E-state index contributed by atoms with van der Waals surface area (Å²) in [5.74, 6) is 0.687. The Balaban J connectivity index is 1.29. The molecule has 0 aliphatic rings. The van der Waals surface area contributed by atoms with Crippen LogP contribution in [-0.4, -0.2) is 76.0 Å². The zero-order valence-electron chi connectivity index (χ0n) is 22.8. The first-order chi connectivity index (χ1) is 18.8. The number of hydrogen-bond donors (Lipinski definition) is 5. The van der Waals surface area contributed by atoms with Crippen LogP contribution in [0.5, 0.6) is 0 Å². The van der Waals surface area contributed by atoms with Crippen LogP contribution in [0.3, 0.4) is 0 Å². The van der Waals surface area contributed by atoms with E-state index in [9.17, 15) is 4.89 Å². The van der Waals surface area contributed by atoms with Crippen molar-refractivity contribution >= 4 is 53.9 Å². The zero-order chi connectivity index (χ0) is 28.2. The van der Waals surface area contributed by atoms with E-state index in [-0.39, 0.29) is 18.3 Å². The second-order valence-electron chi connectivity index (χ2n) is 9.34. The summed E-state index contributed by atoms with van der Waals surface area (Å²) >= 11 is 6.10. The van der Waals surface area contributed by atoms with Gasteiger partial charge in [0.2, 0.25) is 0 Å². The van der Waals surface area contributed by atoms with Crippen molar-refractivity contribution in [2.75, 3.05) is 61.2 Å². The van der Waals surface area contributed by atoms with Gasteiger partial charge in [-0.15, -0.1) is 0 Å². The van der Waals surface area contributed by atoms with Crippen molar-refractivity contribution in [2.24, 2.45) is 0 Å². The molecule has 0 aliphatic heterocycles. The van der Waals surface area contributed by atoms with Crippen molar-refractivity contribution in [3.63, 3.8) is 0 Å². The molecule has 0 fully saturated rings. The molecule has 0 radical (unpaired) electrons. The van der Waals surface area contributed by atoms with Gasteiger partial charge >= 0.3 is 0 Å². The molecule has 2 heterocycles. The van der Waals surface area contributed by atoms with Gasteiger partial charge in [0.05, 0.1) is 18.2 Å². The summed E-state index contributed by atoms with van der Waals surface area (Å²) in [6, 6.07) is 8.08. The highest BCUT2D eigenvalue weighted by molar-refractivity contribution is 7.45. The molecule has 13 heteroatoms. The predicted molar refractivity (Wildman–Crippen MR) is 161 cm³/mol. The molecule has 0 aliphatic carbocycles. The van der Waals surface area contributed by atoms with Crippen LogP contribution in [0.15, 0.2) is 36.8 Å². The number of rotatable bonds is 17. The number of aromatic nitrogens is 3. The van der Waals surface area contributed by atoms with Crippen molar-refractivity contribution < 1.29 is 14.2 Å². The van der Waals surface area contributed by atoms with Crippen LogP contribution in [0.4, 0.5) is 23.0 Å². The molecule has 3 aromatic rings. The minimum atomic E-state index is -1.66. The van der Waals surface area contributed by atoms with Gasteiger partial charge in [-0.1, -0.05) is 18.5 Å². The summed E-state index contributed by atoms with van der Waals surface area (Å²) in [4.78, 5) is 24.9. The highest BCUT2D eigenvalue weighted by Crippen LogP contribution is 2.31. The lowest BCUT2D eigenvalue weighted by Gasteiger charge is -2.23. The van der Waals surface area contributed by atoms with Gasteiger partial charge in [0.1, 0.15) is 18.4 Å². The molecule has 39 heavy (non-hydrogen) atoms. The maximum Gasteiger partial charge on any atom is 0.195 e. The molecule has 7 N–H and O–H groups in total. The quantitative estimate of drug-likeness (QED) is 0.143. The fourth-order valence-corrected chi connectivity index (χ4v) is 4.90. The van der Waals surface area contributed by atoms with Crippen molar-refractivity contribution in [1.29, 1.82) is 0 Å². The minimum absolute atomic E-state index is 0.130. The van der Waals surface area contributed by atoms with Gasteiger partial charge < -0.3 is 41.2 Å². The third-order valence-electron chi connectivity index (χ3n) is 6.25. The Morgan fingerprint density at radius 1 is 1.15 bits per heavy atom. The Morgan fingerprint density at radius 2 is 1.97 bits per heavy atom. The third kappa shape index (κ3) is 10.2. The molecule has 1 aromatic carbocycles. The van der Waals surface area contributed by atoms with Crippen LogP contribution in [-0.2, 0) is 9.26 Å². The summed E-state index contributed by atoms with van der Waals surface area (Å²) in [6.45, 7) is 9.73. The molecule has 214 valence electrons. The second-order valence-corrected chi connectivity index (χ2v) is 11.0. The van der Waals surface area contributed by atoms with E-state index in [1.165, 1.54) is 6.33 Å². The van der Waals surface area contributed by atoms with E-state index in [2.05, 4.69) is 44.3 Å². The van der Waals surface area contributed by atoms with Crippen LogP contribution < -0.4 is 22.1 Å². The standard InChI is InChI=1S/C26H40ClN8O3P/c1-4-35(11-5-6-18(2)34-22-9-10-30-23-14-20(27)7-8-21(22)23)12-13-38-39(36)17-37-19(3)15-31-26-24(28)25(29)32-16-33-26/h7-10,14,16,18-19,36H,4-6,11-13,15,17,28H2,1-3H3,(H,30,34)(H3,29,31,32,33). The Labute approximate surface area is 236 Å². The lowest BCUT2D eigenvalue weighted by atomic mass is 10.1. The second kappa shape index (κ2) is 15.9. The molecule has 0 spiro atoms. The number of ether oxygens (including phenoxy) is 1. The maximum absolute atomic E-state index is 10.2. The molecule has 0 saturated heterocycles. The van der Waals surface area contributed by atoms with E-state index in [0.29, 0.717) is 35.7 Å². The van der Waals surface area contributed by atoms with Gasteiger partial charge in [0.15, 0.2) is 20.0 Å². The number of likely N-dealkylation sites (N-methyl/N-ethyl adjacent to an activating group) is 1. The molecule has 3 rings (SSSR count). The molecular formula is C26H40ClN8O3P. The number of halogens is 1. The number of anilines is 4. The van der Waals surface area contributed by atoms with E-state index in [0.717, 1.165) is 49.1 Å². The molecule has 3 unspecified atom stereocenters. The fraction of sp³-hybridized carbons (Fsp3) is 0.500. The molecule has 2 aromatic heterocycles. The number of benzene rings is 1. The van der Waals surface area contributed by atoms with Crippen molar-refractivity contribution in [3.05, 3.63) is 41.8 Å². The predicted octanol–water partition coefficient (Wildman–Crippen LogP) is 4.54. The lowest BCUT2D eigenvalue weighted by Crippen LogP contribution is -2.29. The fourth-order valence-electron chi connectivity index (χ4n) is 3.99. The third-order valence-corrected chi connectivity index (χ3v) is 7.34. The highest BCUT2D eigenvalue weighted by atomic mass is 35.5. The number of fused-ring (bicyclic) bond motifs is 1. The summed E-state index contributed by atoms with van der Waals surface area (Å²) in [6.07, 6.45) is 5.16. The maximum atomic E-state index is 10.2. The van der Waals surface area contributed by atoms with Crippen LogP contribution >= 0.6 is 20.0 Å². The minimum Gasteiger partial charge on any atom is -0.393 e. The average molecular weight is 579 g/mol. The number of pyridine rings is 1. The average Bonchev–Trinajstić information content (AvgIpc) is 2.91. The van der Waals surface area contributed by atoms with Gasteiger partial charge in [-0.25, -0.2) is 9.97 Å². The highest BCUT2D eigenvalue weighted by Gasteiger charge is 2.13. The first-order valence-electron chi connectivity index (χ1n) is 13.1. The monoisotopic (exact) mass is 578 g/mol. The van der Waals surface area contributed by atoms with Crippen LogP contribution in [0, 0.1) is 0 Å². The van der Waals surface area contributed by atoms with Crippen LogP contribution in [0.2, 0.25) is 5.02 Å². The Bertz CT molecular complexity index is 1180. The van der Waals surface area contributed by atoms with E-state index in [1.54, 1.807) is 6.20 Å². The number of nitrogen functional groups attached to an aromatic ring is 2. The number of nitrogens with two attached hydrogens (primary N) is 2. The Hall–Kier alpha value is -2.53. The molecule has 11 nitrogen and oxygen atoms in total. The topological polar surface area (TPSA) is 157 Å². The van der Waals surface area contributed by atoms with E-state index in [1.807, 2.05) is 31.2 Å². The van der Waals surface area contributed by atoms with Gasteiger partial charge in [-0.2, -0.15) is 0 Å². The van der Waals surface area contributed by atoms with Gasteiger partial charge in [0.25, 0.3) is 0 Å². The van der Waals surface area contributed by atoms with Crippen LogP contribution in [0.25, 0.3) is 10.9 Å². The summed E-state index contributed by atoms with van der Waals surface area (Å²) < 4.78 is 11.3. The first-order valence-corrected chi connectivity index (χ1v) is 14.9. The van der Waals surface area contributed by atoms with Crippen molar-refractivity contribution in [1.82, 2.24) is 19.9 Å².